The van der Waals surface area contributed by atoms with Crippen LogP contribution in [0.4, 0.5) is 0 Å². The Morgan fingerprint density at radius 1 is 1.10 bits per heavy atom. The van der Waals surface area contributed by atoms with E-state index < -0.39 is 35.3 Å². The van der Waals surface area contributed by atoms with Gasteiger partial charge in [-0.3, -0.25) is 14.4 Å². The van der Waals surface area contributed by atoms with E-state index in [0.29, 0.717) is 10.9 Å². The minimum Gasteiger partial charge on any atom is -0.506 e. The first-order valence-corrected chi connectivity index (χ1v) is 8.80. The summed E-state index contributed by atoms with van der Waals surface area (Å²) in [6.07, 6.45) is 1.85. The first-order chi connectivity index (χ1) is 13.9. The molecule has 1 amide bonds. The quantitative estimate of drug-likeness (QED) is 0.425. The average Bonchev–Trinajstić information content (AvgIpc) is 3.18. The van der Waals surface area contributed by atoms with Crippen LogP contribution in [-0.4, -0.2) is 38.2 Å². The third kappa shape index (κ3) is 3.10. The zero-order valence-corrected chi connectivity index (χ0v) is 15.4. The highest BCUT2D eigenvalue weighted by molar-refractivity contribution is 6.04. The average molecular weight is 391 g/mol. The molecule has 0 fully saturated rings. The van der Waals surface area contributed by atoms with Crippen LogP contribution in [0.2, 0.25) is 0 Å². The predicted octanol–water partition coefficient (Wildman–Crippen LogP) is 2.21. The first kappa shape index (κ1) is 18.3. The van der Waals surface area contributed by atoms with Crippen LogP contribution in [0, 0.1) is 0 Å². The highest BCUT2D eigenvalue weighted by atomic mass is 16.4. The number of amides is 1. The molecule has 0 saturated heterocycles. The van der Waals surface area contributed by atoms with Crippen LogP contribution in [0.15, 0.2) is 53.5 Å². The molecule has 0 saturated carbocycles. The number of carbonyl (C=O) groups excluding carboxylic acids is 1. The maximum atomic E-state index is 12.6. The summed E-state index contributed by atoms with van der Waals surface area (Å²) < 4.78 is 1.25. The van der Waals surface area contributed by atoms with E-state index in [1.54, 1.807) is 12.1 Å². The van der Waals surface area contributed by atoms with Crippen LogP contribution in [-0.2, 0) is 11.8 Å². The van der Waals surface area contributed by atoms with E-state index in [4.69, 9.17) is 5.11 Å². The molecule has 0 atom stereocenters. The van der Waals surface area contributed by atoms with Gasteiger partial charge in [0.25, 0.3) is 11.5 Å². The van der Waals surface area contributed by atoms with Crippen LogP contribution in [0.3, 0.4) is 0 Å². The number of rotatable bonds is 4. The first-order valence-electron chi connectivity index (χ1n) is 8.80. The highest BCUT2D eigenvalue weighted by Crippen LogP contribution is 2.31. The second kappa shape index (κ2) is 6.83. The number of hydrogen-bond acceptors (Lipinski definition) is 4. The van der Waals surface area contributed by atoms with Crippen molar-refractivity contribution in [3.05, 3.63) is 64.6 Å². The van der Waals surface area contributed by atoms with Crippen molar-refractivity contribution in [3.63, 3.8) is 0 Å². The summed E-state index contributed by atoms with van der Waals surface area (Å²) in [5, 5.41) is 22.9. The number of aromatic hydroxyl groups is 1. The van der Waals surface area contributed by atoms with E-state index in [1.807, 2.05) is 36.5 Å². The highest BCUT2D eigenvalue weighted by Gasteiger charge is 2.22. The SMILES string of the molecule is Cn1c(=O)c(C(=O)NCC(=O)O)c(O)c2cc(-c3ccc4[nH]ccc4c3)ccc21. The summed E-state index contributed by atoms with van der Waals surface area (Å²) in [4.78, 5) is 38.7. The van der Waals surface area contributed by atoms with Gasteiger partial charge in [-0.25, -0.2) is 0 Å². The lowest BCUT2D eigenvalue weighted by Crippen LogP contribution is -2.35. The lowest BCUT2D eigenvalue weighted by molar-refractivity contribution is -0.135. The maximum absolute atomic E-state index is 12.6. The Labute approximate surface area is 164 Å². The molecule has 0 aliphatic heterocycles. The molecule has 0 radical (unpaired) electrons. The van der Waals surface area contributed by atoms with Crippen LogP contribution in [0.1, 0.15) is 10.4 Å². The number of H-pyrrole nitrogens is 1. The Bertz CT molecular complexity index is 1350. The zero-order valence-electron chi connectivity index (χ0n) is 15.4. The van der Waals surface area contributed by atoms with Crippen molar-refractivity contribution in [2.75, 3.05) is 6.54 Å². The van der Waals surface area contributed by atoms with Crippen LogP contribution in [0.25, 0.3) is 32.9 Å². The van der Waals surface area contributed by atoms with Gasteiger partial charge in [-0.2, -0.15) is 0 Å². The number of fused-ring (bicyclic) bond motifs is 2. The molecular formula is C21H17N3O5. The van der Waals surface area contributed by atoms with Crippen LogP contribution < -0.4 is 10.9 Å². The molecule has 8 nitrogen and oxygen atoms in total. The molecule has 4 aromatic rings. The summed E-state index contributed by atoms with van der Waals surface area (Å²) in [6.45, 7) is -0.657. The third-order valence-corrected chi connectivity index (χ3v) is 4.88. The Morgan fingerprint density at radius 2 is 1.83 bits per heavy atom. The predicted molar refractivity (Wildman–Crippen MR) is 108 cm³/mol. The number of pyridine rings is 1. The molecule has 0 bridgehead atoms. The molecule has 4 N–H and O–H groups in total. The molecule has 0 aliphatic rings. The van der Waals surface area contributed by atoms with Crippen LogP contribution >= 0.6 is 0 Å². The molecule has 0 spiro atoms. The van der Waals surface area contributed by atoms with Gasteiger partial charge in [0, 0.05) is 24.1 Å². The van der Waals surface area contributed by atoms with Gasteiger partial charge in [-0.15, -0.1) is 0 Å². The smallest absolute Gasteiger partial charge is 0.322 e. The number of carboxylic acid groups (broad SMARTS) is 1. The number of aliphatic carboxylic acids is 1. The molecule has 8 heteroatoms. The monoisotopic (exact) mass is 391 g/mol. The fourth-order valence-corrected chi connectivity index (χ4v) is 3.39. The van der Waals surface area contributed by atoms with Crippen molar-refractivity contribution in [2.45, 2.75) is 0 Å². The van der Waals surface area contributed by atoms with Gasteiger partial charge in [0.05, 0.1) is 5.52 Å². The van der Waals surface area contributed by atoms with Crippen molar-refractivity contribution in [1.29, 1.82) is 0 Å². The minimum absolute atomic E-state index is 0.319. The molecule has 2 aromatic heterocycles. The molecular weight excluding hydrogens is 374 g/mol. The summed E-state index contributed by atoms with van der Waals surface area (Å²) in [6, 6.07) is 13.1. The molecule has 146 valence electrons. The summed E-state index contributed by atoms with van der Waals surface area (Å²) in [7, 11) is 1.49. The van der Waals surface area contributed by atoms with Gasteiger partial charge in [-0.05, 0) is 46.8 Å². The molecule has 0 aliphatic carbocycles. The van der Waals surface area contributed by atoms with E-state index in [-0.39, 0.29) is 0 Å². The fraction of sp³-hybridized carbons (Fsp3) is 0.0952. The van der Waals surface area contributed by atoms with E-state index >= 15 is 0 Å². The molecule has 4 rings (SSSR count). The lowest BCUT2D eigenvalue weighted by Gasteiger charge is -2.13. The van der Waals surface area contributed by atoms with Gasteiger partial charge < -0.3 is 25.1 Å². The van der Waals surface area contributed by atoms with E-state index in [9.17, 15) is 19.5 Å². The second-order valence-electron chi connectivity index (χ2n) is 6.68. The number of nitrogens with one attached hydrogen (secondary N) is 2. The zero-order chi connectivity index (χ0) is 20.7. The maximum Gasteiger partial charge on any atom is 0.322 e. The summed E-state index contributed by atoms with van der Waals surface area (Å²) in [5.41, 5.74) is 1.96. The van der Waals surface area contributed by atoms with Crippen molar-refractivity contribution < 1.29 is 19.8 Å². The topological polar surface area (TPSA) is 124 Å². The molecule has 2 heterocycles. The van der Waals surface area contributed by atoms with Gasteiger partial charge in [0.2, 0.25) is 0 Å². The largest absolute Gasteiger partial charge is 0.506 e. The summed E-state index contributed by atoms with van der Waals surface area (Å²) >= 11 is 0. The number of aryl methyl sites for hydroxylation is 1. The van der Waals surface area contributed by atoms with Crippen molar-refractivity contribution in [2.24, 2.45) is 7.05 Å². The Kier molecular flexibility index (Phi) is 4.31. The molecule has 0 unspecified atom stereocenters. The van der Waals surface area contributed by atoms with Crippen molar-refractivity contribution >= 4 is 33.7 Å². The standard InChI is InChI=1S/C21H17N3O5/c1-24-16-5-3-12(11-2-4-15-13(8-11)6-7-22-15)9-14(16)19(27)18(21(24)29)20(28)23-10-17(25)26/h2-9,22,27H,10H2,1H3,(H,23,28)(H,25,26). The second-order valence-corrected chi connectivity index (χ2v) is 6.68. The third-order valence-electron chi connectivity index (χ3n) is 4.88. The Hall–Kier alpha value is -4.07. The van der Waals surface area contributed by atoms with Gasteiger partial charge in [-0.1, -0.05) is 12.1 Å². The summed E-state index contributed by atoms with van der Waals surface area (Å²) in [5.74, 6) is -2.67. The molecule has 29 heavy (non-hydrogen) atoms. The number of carbonyl (C=O) groups is 2. The van der Waals surface area contributed by atoms with Crippen molar-refractivity contribution in [1.82, 2.24) is 14.9 Å². The molecule has 2 aromatic carbocycles. The van der Waals surface area contributed by atoms with Crippen molar-refractivity contribution in [3.8, 4) is 16.9 Å². The van der Waals surface area contributed by atoms with Crippen LogP contribution in [0.5, 0.6) is 5.75 Å². The normalized spacial score (nSPS) is 11.1. The number of hydrogen-bond donors (Lipinski definition) is 4. The van der Waals surface area contributed by atoms with E-state index in [0.717, 1.165) is 22.0 Å². The number of aromatic amines is 1. The van der Waals surface area contributed by atoms with Gasteiger partial charge >= 0.3 is 5.97 Å². The van der Waals surface area contributed by atoms with Gasteiger partial charge in [0.15, 0.2) is 0 Å². The van der Waals surface area contributed by atoms with E-state index in [2.05, 4.69) is 10.3 Å². The Balaban J connectivity index is 1.88. The van der Waals surface area contributed by atoms with Gasteiger partial charge in [0.1, 0.15) is 17.9 Å². The lowest BCUT2D eigenvalue weighted by atomic mass is 10.0. The number of nitrogens with zero attached hydrogens (tertiary/aromatic N) is 1. The fourth-order valence-electron chi connectivity index (χ4n) is 3.39. The number of benzene rings is 2. The number of aromatic nitrogens is 2. The Morgan fingerprint density at radius 3 is 2.59 bits per heavy atom. The number of carboxylic acids is 1. The minimum atomic E-state index is -1.25. The van der Waals surface area contributed by atoms with E-state index in [1.165, 1.54) is 11.6 Å².